The van der Waals surface area contributed by atoms with E-state index in [0.717, 1.165) is 4.88 Å². The van der Waals surface area contributed by atoms with Crippen LogP contribution in [0.3, 0.4) is 0 Å². The van der Waals surface area contributed by atoms with Crippen molar-refractivity contribution in [3.63, 3.8) is 0 Å². The van der Waals surface area contributed by atoms with Gasteiger partial charge in [0.25, 0.3) is 0 Å². The van der Waals surface area contributed by atoms with E-state index in [-0.39, 0.29) is 23.3 Å². The molecule has 1 fully saturated rings. The molecule has 1 aromatic rings. The van der Waals surface area contributed by atoms with Crippen molar-refractivity contribution in [2.75, 3.05) is 11.5 Å². The van der Waals surface area contributed by atoms with E-state index in [1.54, 1.807) is 11.3 Å². The van der Waals surface area contributed by atoms with E-state index in [1.807, 2.05) is 19.1 Å². The molecule has 1 aliphatic rings. The molecule has 0 aromatic carbocycles. The SMILES string of the molecule is Cc1ccc(CNC(=O)[C@H]2CCS(=O)(=O)C2)s1. The van der Waals surface area contributed by atoms with Gasteiger partial charge in [0.05, 0.1) is 24.0 Å². The fourth-order valence-corrected chi connectivity index (χ4v) is 4.47. The van der Waals surface area contributed by atoms with Crippen LogP contribution in [0.4, 0.5) is 0 Å². The summed E-state index contributed by atoms with van der Waals surface area (Å²) < 4.78 is 22.5. The molecule has 94 valence electrons. The third kappa shape index (κ3) is 3.29. The topological polar surface area (TPSA) is 63.2 Å². The molecule has 1 amide bonds. The molecular weight excluding hydrogens is 258 g/mol. The third-order valence-electron chi connectivity index (χ3n) is 2.84. The van der Waals surface area contributed by atoms with Crippen LogP contribution in [0.25, 0.3) is 0 Å². The van der Waals surface area contributed by atoms with Crippen molar-refractivity contribution in [3.05, 3.63) is 21.9 Å². The van der Waals surface area contributed by atoms with E-state index in [1.165, 1.54) is 4.88 Å². The number of sulfone groups is 1. The molecule has 0 spiro atoms. The summed E-state index contributed by atoms with van der Waals surface area (Å²) in [6.45, 7) is 2.51. The number of hydrogen-bond acceptors (Lipinski definition) is 4. The minimum absolute atomic E-state index is 0.00228. The predicted octanol–water partition coefficient (Wildman–Crippen LogP) is 1.11. The van der Waals surface area contributed by atoms with Crippen LogP contribution in [0, 0.1) is 12.8 Å². The quantitative estimate of drug-likeness (QED) is 0.897. The molecule has 6 heteroatoms. The molecule has 0 unspecified atom stereocenters. The lowest BCUT2D eigenvalue weighted by molar-refractivity contribution is -0.124. The molecule has 1 atom stereocenters. The molecule has 0 radical (unpaired) electrons. The second-order valence-electron chi connectivity index (χ2n) is 4.33. The Bertz CT molecular complexity index is 519. The average Bonchev–Trinajstić information content (AvgIpc) is 2.81. The Labute approximate surface area is 105 Å². The van der Waals surface area contributed by atoms with Gasteiger partial charge in [-0.25, -0.2) is 8.42 Å². The number of aryl methyl sites for hydroxylation is 1. The summed E-state index contributed by atoms with van der Waals surface area (Å²) in [7, 11) is -2.98. The molecule has 17 heavy (non-hydrogen) atoms. The van der Waals surface area contributed by atoms with Gasteiger partial charge in [-0.1, -0.05) is 0 Å². The zero-order chi connectivity index (χ0) is 12.5. The highest BCUT2D eigenvalue weighted by Crippen LogP contribution is 2.19. The number of nitrogens with one attached hydrogen (secondary N) is 1. The zero-order valence-corrected chi connectivity index (χ0v) is 11.2. The lowest BCUT2D eigenvalue weighted by Gasteiger charge is -2.08. The second kappa shape index (κ2) is 4.78. The molecule has 2 heterocycles. The first kappa shape index (κ1) is 12.6. The van der Waals surface area contributed by atoms with Crippen LogP contribution in [-0.4, -0.2) is 25.8 Å². The minimum Gasteiger partial charge on any atom is -0.351 e. The van der Waals surface area contributed by atoms with Gasteiger partial charge in [-0.2, -0.15) is 0 Å². The summed E-state index contributed by atoms with van der Waals surface area (Å²) in [5.74, 6) is -0.357. The van der Waals surface area contributed by atoms with E-state index in [0.29, 0.717) is 13.0 Å². The van der Waals surface area contributed by atoms with Crippen LogP contribution in [-0.2, 0) is 21.2 Å². The fourth-order valence-electron chi connectivity index (χ4n) is 1.90. The minimum atomic E-state index is -2.98. The van der Waals surface area contributed by atoms with Gasteiger partial charge in [0.1, 0.15) is 0 Å². The van der Waals surface area contributed by atoms with Gasteiger partial charge in [-0.3, -0.25) is 4.79 Å². The molecule has 1 aliphatic heterocycles. The van der Waals surface area contributed by atoms with Crippen molar-refractivity contribution in [1.82, 2.24) is 5.32 Å². The predicted molar refractivity (Wildman–Crippen MR) is 67.7 cm³/mol. The highest BCUT2D eigenvalue weighted by atomic mass is 32.2. The maximum absolute atomic E-state index is 11.7. The van der Waals surface area contributed by atoms with Crippen LogP contribution >= 0.6 is 11.3 Å². The molecule has 0 bridgehead atoms. The number of amides is 1. The zero-order valence-electron chi connectivity index (χ0n) is 9.60. The maximum Gasteiger partial charge on any atom is 0.224 e. The van der Waals surface area contributed by atoms with Gasteiger partial charge >= 0.3 is 0 Å². The van der Waals surface area contributed by atoms with E-state index in [4.69, 9.17) is 0 Å². The Morgan fingerprint density at radius 2 is 2.29 bits per heavy atom. The summed E-state index contributed by atoms with van der Waals surface area (Å²) in [5.41, 5.74) is 0. The van der Waals surface area contributed by atoms with Gasteiger partial charge in [0, 0.05) is 9.75 Å². The second-order valence-corrected chi connectivity index (χ2v) is 7.93. The number of hydrogen-bond donors (Lipinski definition) is 1. The molecule has 0 aliphatic carbocycles. The van der Waals surface area contributed by atoms with Gasteiger partial charge < -0.3 is 5.32 Å². The van der Waals surface area contributed by atoms with E-state index >= 15 is 0 Å². The Morgan fingerprint density at radius 1 is 1.53 bits per heavy atom. The Hall–Kier alpha value is -0.880. The molecule has 4 nitrogen and oxygen atoms in total. The smallest absolute Gasteiger partial charge is 0.224 e. The summed E-state index contributed by atoms with van der Waals surface area (Å²) in [6, 6.07) is 3.98. The highest BCUT2D eigenvalue weighted by molar-refractivity contribution is 7.91. The molecule has 1 saturated heterocycles. The number of rotatable bonds is 3. The van der Waals surface area contributed by atoms with Crippen molar-refractivity contribution in [2.45, 2.75) is 19.9 Å². The van der Waals surface area contributed by atoms with Crippen molar-refractivity contribution < 1.29 is 13.2 Å². The van der Waals surface area contributed by atoms with Gasteiger partial charge in [0.15, 0.2) is 9.84 Å². The molecule has 1 aromatic heterocycles. The van der Waals surface area contributed by atoms with Crippen LogP contribution in [0.1, 0.15) is 16.2 Å². The van der Waals surface area contributed by atoms with E-state index in [2.05, 4.69) is 5.32 Å². The third-order valence-corrected chi connectivity index (χ3v) is 5.60. The first-order chi connectivity index (χ1) is 7.96. The van der Waals surface area contributed by atoms with Gasteiger partial charge in [0.2, 0.25) is 5.91 Å². The Balaban J connectivity index is 1.86. The monoisotopic (exact) mass is 273 g/mol. The highest BCUT2D eigenvalue weighted by Gasteiger charge is 2.32. The summed E-state index contributed by atoms with van der Waals surface area (Å²) >= 11 is 1.64. The summed E-state index contributed by atoms with van der Waals surface area (Å²) in [6.07, 6.45) is 0.456. The Morgan fingerprint density at radius 3 is 2.82 bits per heavy atom. The van der Waals surface area contributed by atoms with Crippen molar-refractivity contribution in [2.24, 2.45) is 5.92 Å². The first-order valence-corrected chi connectivity index (χ1v) is 8.13. The maximum atomic E-state index is 11.7. The standard InChI is InChI=1S/C11H15NO3S2/c1-8-2-3-10(16-8)6-12-11(13)9-4-5-17(14,15)7-9/h2-3,9H,4-7H2,1H3,(H,12,13)/t9-/m0/s1. The summed E-state index contributed by atoms with van der Waals surface area (Å²) in [4.78, 5) is 14.0. The molecule has 1 N–H and O–H groups in total. The van der Waals surface area contributed by atoms with Crippen molar-refractivity contribution >= 4 is 27.1 Å². The molecule has 2 rings (SSSR count). The van der Waals surface area contributed by atoms with Crippen LogP contribution in [0.2, 0.25) is 0 Å². The largest absolute Gasteiger partial charge is 0.351 e. The van der Waals surface area contributed by atoms with Crippen molar-refractivity contribution in [3.8, 4) is 0 Å². The van der Waals surface area contributed by atoms with Crippen LogP contribution in [0.15, 0.2) is 12.1 Å². The summed E-state index contributed by atoms with van der Waals surface area (Å²) in [5, 5.41) is 2.80. The van der Waals surface area contributed by atoms with Crippen LogP contribution in [0.5, 0.6) is 0 Å². The van der Waals surface area contributed by atoms with E-state index in [9.17, 15) is 13.2 Å². The average molecular weight is 273 g/mol. The number of thiophene rings is 1. The van der Waals surface area contributed by atoms with Gasteiger partial charge in [-0.05, 0) is 25.5 Å². The normalized spacial score (nSPS) is 22.5. The first-order valence-electron chi connectivity index (χ1n) is 5.50. The lowest BCUT2D eigenvalue weighted by Crippen LogP contribution is -2.30. The van der Waals surface area contributed by atoms with Crippen molar-refractivity contribution in [1.29, 1.82) is 0 Å². The molecule has 0 saturated carbocycles. The fraction of sp³-hybridized carbons (Fsp3) is 0.545. The van der Waals surface area contributed by atoms with Crippen LogP contribution < -0.4 is 5.32 Å². The lowest BCUT2D eigenvalue weighted by atomic mass is 10.1. The Kier molecular flexibility index (Phi) is 3.53. The number of carbonyl (C=O) groups excluding carboxylic acids is 1. The molecular formula is C11H15NO3S2. The van der Waals surface area contributed by atoms with E-state index < -0.39 is 9.84 Å². The van der Waals surface area contributed by atoms with Gasteiger partial charge in [-0.15, -0.1) is 11.3 Å². The number of carbonyl (C=O) groups is 1.